The molecule has 1 atom stereocenters. The summed E-state index contributed by atoms with van der Waals surface area (Å²) in [4.78, 5) is 26.3. The first-order chi connectivity index (χ1) is 13.5. The SMILES string of the molecule is CC(=O)Nc1ccc(N2C(=O)c3ccccc3N[C@H]2c2cccc(Cl)c2)cc1. The molecule has 2 N–H and O–H groups in total. The highest BCUT2D eigenvalue weighted by Crippen LogP contribution is 2.37. The van der Waals surface area contributed by atoms with Gasteiger partial charge in [-0.1, -0.05) is 35.9 Å². The van der Waals surface area contributed by atoms with Gasteiger partial charge in [-0.15, -0.1) is 0 Å². The standard InChI is InChI=1S/C22H18ClN3O2/c1-14(27)24-17-9-11-18(12-10-17)26-21(15-5-4-6-16(23)13-15)25-20-8-3-2-7-19(20)22(26)28/h2-13,21,25H,1H3,(H,24,27)/t21-/m1/s1. The molecule has 0 bridgehead atoms. The third-order valence-corrected chi connectivity index (χ3v) is 4.79. The minimum atomic E-state index is -0.410. The molecule has 28 heavy (non-hydrogen) atoms. The van der Waals surface area contributed by atoms with Crippen molar-refractivity contribution in [2.24, 2.45) is 0 Å². The number of carbonyl (C=O) groups is 2. The van der Waals surface area contributed by atoms with E-state index in [9.17, 15) is 9.59 Å². The van der Waals surface area contributed by atoms with Crippen LogP contribution in [0.1, 0.15) is 29.0 Å². The van der Waals surface area contributed by atoms with Crippen molar-refractivity contribution in [3.05, 3.63) is 88.9 Å². The number of nitrogens with zero attached hydrogens (tertiary/aromatic N) is 1. The zero-order chi connectivity index (χ0) is 19.7. The Balaban J connectivity index is 1.79. The van der Waals surface area contributed by atoms with E-state index in [0.717, 1.165) is 11.3 Å². The van der Waals surface area contributed by atoms with Gasteiger partial charge >= 0.3 is 0 Å². The largest absolute Gasteiger partial charge is 0.360 e. The van der Waals surface area contributed by atoms with E-state index in [4.69, 9.17) is 11.6 Å². The van der Waals surface area contributed by atoms with Gasteiger partial charge in [-0.3, -0.25) is 14.5 Å². The molecule has 0 fully saturated rings. The molecular weight excluding hydrogens is 374 g/mol. The fraction of sp³-hybridized carbons (Fsp3) is 0.0909. The lowest BCUT2D eigenvalue weighted by Crippen LogP contribution is -2.43. The second-order valence-electron chi connectivity index (χ2n) is 6.55. The first-order valence-corrected chi connectivity index (χ1v) is 9.23. The number of para-hydroxylation sites is 1. The van der Waals surface area contributed by atoms with Gasteiger partial charge in [0.1, 0.15) is 6.17 Å². The average Bonchev–Trinajstić information content (AvgIpc) is 2.68. The molecule has 3 aromatic carbocycles. The maximum Gasteiger partial charge on any atom is 0.262 e. The molecule has 0 aromatic heterocycles. The fourth-order valence-electron chi connectivity index (χ4n) is 3.34. The van der Waals surface area contributed by atoms with E-state index in [2.05, 4.69) is 10.6 Å². The number of anilines is 3. The van der Waals surface area contributed by atoms with Crippen LogP contribution in [0.2, 0.25) is 5.02 Å². The maximum absolute atomic E-state index is 13.3. The van der Waals surface area contributed by atoms with Gasteiger partial charge < -0.3 is 10.6 Å². The van der Waals surface area contributed by atoms with Crippen LogP contribution in [0.15, 0.2) is 72.8 Å². The number of rotatable bonds is 3. The van der Waals surface area contributed by atoms with Gasteiger partial charge in [0.25, 0.3) is 5.91 Å². The Bertz CT molecular complexity index is 1050. The minimum Gasteiger partial charge on any atom is -0.360 e. The number of nitrogens with one attached hydrogen (secondary N) is 2. The van der Waals surface area contributed by atoms with E-state index >= 15 is 0 Å². The Hall–Kier alpha value is -3.31. The lowest BCUT2D eigenvalue weighted by molar-refractivity contribution is -0.114. The van der Waals surface area contributed by atoms with Gasteiger partial charge in [0, 0.05) is 29.0 Å². The van der Waals surface area contributed by atoms with Crippen molar-refractivity contribution in [3.8, 4) is 0 Å². The molecule has 4 rings (SSSR count). The summed E-state index contributed by atoms with van der Waals surface area (Å²) in [6.45, 7) is 1.46. The van der Waals surface area contributed by atoms with E-state index in [1.807, 2.05) is 48.5 Å². The predicted octanol–water partition coefficient (Wildman–Crippen LogP) is 5.07. The van der Waals surface area contributed by atoms with Crippen LogP contribution < -0.4 is 15.5 Å². The van der Waals surface area contributed by atoms with Crippen LogP contribution in [0.3, 0.4) is 0 Å². The molecule has 140 valence electrons. The quantitative estimate of drug-likeness (QED) is 0.655. The van der Waals surface area contributed by atoms with Crippen molar-refractivity contribution in [2.45, 2.75) is 13.1 Å². The highest BCUT2D eigenvalue weighted by atomic mass is 35.5. The number of hydrogen-bond donors (Lipinski definition) is 2. The van der Waals surface area contributed by atoms with Gasteiger partial charge in [-0.05, 0) is 54.1 Å². The summed E-state index contributed by atoms with van der Waals surface area (Å²) < 4.78 is 0. The van der Waals surface area contributed by atoms with Crippen molar-refractivity contribution >= 4 is 40.5 Å². The van der Waals surface area contributed by atoms with Gasteiger partial charge in [0.05, 0.1) is 5.56 Å². The number of benzene rings is 3. The monoisotopic (exact) mass is 391 g/mol. The van der Waals surface area contributed by atoms with Crippen LogP contribution in [0.5, 0.6) is 0 Å². The summed E-state index contributed by atoms with van der Waals surface area (Å²) in [5.74, 6) is -0.249. The number of amides is 2. The molecule has 0 saturated heterocycles. The van der Waals surface area contributed by atoms with Crippen molar-refractivity contribution in [2.75, 3.05) is 15.5 Å². The number of hydrogen-bond acceptors (Lipinski definition) is 3. The van der Waals surface area contributed by atoms with Crippen LogP contribution in [-0.4, -0.2) is 11.8 Å². The van der Waals surface area contributed by atoms with Gasteiger partial charge in [-0.25, -0.2) is 0 Å². The molecule has 1 aliphatic rings. The first-order valence-electron chi connectivity index (χ1n) is 8.85. The molecule has 1 heterocycles. The molecule has 6 heteroatoms. The second-order valence-corrected chi connectivity index (χ2v) is 6.99. The zero-order valence-electron chi connectivity index (χ0n) is 15.1. The molecule has 0 spiro atoms. The van der Waals surface area contributed by atoms with Crippen molar-refractivity contribution < 1.29 is 9.59 Å². The van der Waals surface area contributed by atoms with Crippen LogP contribution in [0.25, 0.3) is 0 Å². The fourth-order valence-corrected chi connectivity index (χ4v) is 3.54. The van der Waals surface area contributed by atoms with Crippen LogP contribution in [-0.2, 0) is 4.79 Å². The molecule has 3 aromatic rings. The van der Waals surface area contributed by atoms with Crippen molar-refractivity contribution in [1.29, 1.82) is 0 Å². The Morgan fingerprint density at radius 1 is 1.04 bits per heavy atom. The molecule has 0 unspecified atom stereocenters. The predicted molar refractivity (Wildman–Crippen MR) is 112 cm³/mol. The maximum atomic E-state index is 13.3. The summed E-state index contributed by atoms with van der Waals surface area (Å²) in [5, 5.41) is 6.78. The van der Waals surface area contributed by atoms with E-state index in [0.29, 0.717) is 22.0 Å². The first kappa shape index (κ1) is 18.1. The molecule has 5 nitrogen and oxygen atoms in total. The molecule has 0 aliphatic carbocycles. The van der Waals surface area contributed by atoms with Crippen molar-refractivity contribution in [3.63, 3.8) is 0 Å². The lowest BCUT2D eigenvalue weighted by Gasteiger charge is -2.38. The van der Waals surface area contributed by atoms with Crippen LogP contribution in [0, 0.1) is 0 Å². The highest BCUT2D eigenvalue weighted by molar-refractivity contribution is 6.30. The topological polar surface area (TPSA) is 61.4 Å². The second kappa shape index (κ2) is 7.37. The zero-order valence-corrected chi connectivity index (χ0v) is 15.9. The van der Waals surface area contributed by atoms with Crippen LogP contribution in [0.4, 0.5) is 17.1 Å². The summed E-state index contributed by atoms with van der Waals surface area (Å²) >= 11 is 6.19. The Kier molecular flexibility index (Phi) is 4.75. The van der Waals surface area contributed by atoms with E-state index in [-0.39, 0.29) is 11.8 Å². The minimum absolute atomic E-state index is 0.105. The number of carbonyl (C=O) groups excluding carboxylic acids is 2. The molecule has 0 saturated carbocycles. The summed E-state index contributed by atoms with van der Waals surface area (Å²) in [7, 11) is 0. The van der Waals surface area contributed by atoms with Gasteiger partial charge in [0.15, 0.2) is 0 Å². The summed E-state index contributed by atoms with van der Waals surface area (Å²) in [6.07, 6.45) is -0.410. The molecule has 1 aliphatic heterocycles. The molecule has 2 amide bonds. The lowest BCUT2D eigenvalue weighted by atomic mass is 10.0. The van der Waals surface area contributed by atoms with E-state index in [1.54, 1.807) is 29.2 Å². The molecule has 0 radical (unpaired) electrons. The van der Waals surface area contributed by atoms with E-state index < -0.39 is 6.17 Å². The Morgan fingerprint density at radius 2 is 1.79 bits per heavy atom. The summed E-state index contributed by atoms with van der Waals surface area (Å²) in [5.41, 5.74) is 3.65. The number of halogens is 1. The third kappa shape index (κ3) is 3.44. The van der Waals surface area contributed by atoms with Crippen LogP contribution >= 0.6 is 11.6 Å². The normalized spacial score (nSPS) is 15.6. The van der Waals surface area contributed by atoms with Gasteiger partial charge in [-0.2, -0.15) is 0 Å². The Morgan fingerprint density at radius 3 is 2.50 bits per heavy atom. The average molecular weight is 392 g/mol. The Labute approximate surface area is 167 Å². The van der Waals surface area contributed by atoms with E-state index in [1.165, 1.54) is 6.92 Å². The third-order valence-electron chi connectivity index (χ3n) is 4.56. The van der Waals surface area contributed by atoms with Gasteiger partial charge in [0.2, 0.25) is 5.91 Å². The number of fused-ring (bicyclic) bond motifs is 1. The molecular formula is C22H18ClN3O2. The summed E-state index contributed by atoms with van der Waals surface area (Å²) in [6, 6.07) is 22.1. The van der Waals surface area contributed by atoms with Crippen molar-refractivity contribution in [1.82, 2.24) is 0 Å². The highest BCUT2D eigenvalue weighted by Gasteiger charge is 2.34. The smallest absolute Gasteiger partial charge is 0.262 e.